The maximum absolute atomic E-state index is 13.3. The van der Waals surface area contributed by atoms with E-state index in [1.807, 2.05) is 74.6 Å². The van der Waals surface area contributed by atoms with Crippen molar-refractivity contribution >= 4 is 17.4 Å². The van der Waals surface area contributed by atoms with E-state index in [1.165, 1.54) is 6.92 Å². The van der Waals surface area contributed by atoms with Gasteiger partial charge in [0, 0.05) is 40.9 Å². The zero-order chi connectivity index (χ0) is 32.8. The molecule has 0 spiro atoms. The van der Waals surface area contributed by atoms with Crippen LogP contribution in [-0.2, 0) is 16.1 Å². The Kier molecular flexibility index (Phi) is 10.8. The van der Waals surface area contributed by atoms with Crippen LogP contribution >= 0.6 is 0 Å². The Morgan fingerprint density at radius 3 is 2.26 bits per heavy atom. The summed E-state index contributed by atoms with van der Waals surface area (Å²) in [7, 11) is 1.98. The largest absolute Gasteiger partial charge is 0.392 e. The molecule has 1 heterocycles. The molecule has 6 atom stereocenters. The van der Waals surface area contributed by atoms with Gasteiger partial charge in [0.15, 0.2) is 12.1 Å². The van der Waals surface area contributed by atoms with Gasteiger partial charge in [-0.25, -0.2) is 0 Å². The van der Waals surface area contributed by atoms with Gasteiger partial charge in [0.05, 0.1) is 24.9 Å². The normalized spacial score (nSPS) is 21.0. The summed E-state index contributed by atoms with van der Waals surface area (Å²) in [5.41, 5.74) is 4.79. The van der Waals surface area contributed by atoms with Crippen molar-refractivity contribution in [3.05, 3.63) is 137 Å². The van der Waals surface area contributed by atoms with Gasteiger partial charge >= 0.3 is 0 Å². The molecule has 0 bridgehead atoms. The van der Waals surface area contributed by atoms with Crippen LogP contribution in [0, 0.1) is 5.92 Å². The third-order valence-corrected chi connectivity index (χ3v) is 8.83. The Balaban J connectivity index is 1.39. The number of hydrogen-bond donors (Lipinski definition) is 3. The van der Waals surface area contributed by atoms with E-state index in [0.717, 1.165) is 16.7 Å². The van der Waals surface area contributed by atoms with Gasteiger partial charge in [-0.3, -0.25) is 14.5 Å². The number of aliphatic hydroxyl groups is 2. The average molecular weight is 623 g/mol. The summed E-state index contributed by atoms with van der Waals surface area (Å²) in [5.74, 6) is -0.452. The first-order valence-electron chi connectivity index (χ1n) is 15.6. The second kappa shape index (κ2) is 14.9. The fourth-order valence-electron chi connectivity index (χ4n) is 5.79. The first-order valence-corrected chi connectivity index (χ1v) is 15.6. The maximum Gasteiger partial charge on any atom is 0.255 e. The molecule has 0 aliphatic carbocycles. The highest BCUT2D eigenvalue weighted by molar-refractivity contribution is 6.05. The number of rotatable bonds is 11. The van der Waals surface area contributed by atoms with Crippen LogP contribution in [0.1, 0.15) is 82.2 Å². The number of aliphatic hydroxyl groups excluding tert-OH is 2. The number of ketones is 1. The Morgan fingerprint density at radius 2 is 1.57 bits per heavy atom. The van der Waals surface area contributed by atoms with E-state index in [1.54, 1.807) is 42.5 Å². The molecule has 4 aromatic rings. The number of carbonyl (C=O) groups is 2. The Bertz CT molecular complexity index is 1630. The average Bonchev–Trinajstić information content (AvgIpc) is 3.09. The Morgan fingerprint density at radius 1 is 0.870 bits per heavy atom. The third kappa shape index (κ3) is 7.78. The minimum Gasteiger partial charge on any atom is -0.392 e. The van der Waals surface area contributed by atoms with E-state index in [2.05, 4.69) is 17.1 Å². The zero-order valence-electron chi connectivity index (χ0n) is 26.7. The Labute approximate surface area is 270 Å². The van der Waals surface area contributed by atoms with Crippen molar-refractivity contribution in [1.29, 1.82) is 0 Å². The predicted octanol–water partition coefficient (Wildman–Crippen LogP) is 6.48. The van der Waals surface area contributed by atoms with E-state index in [-0.39, 0.29) is 42.5 Å². The van der Waals surface area contributed by atoms with E-state index < -0.39 is 12.4 Å². The summed E-state index contributed by atoms with van der Waals surface area (Å²) in [4.78, 5) is 27.2. The molecule has 5 rings (SSSR count). The molecule has 0 radical (unpaired) electrons. The smallest absolute Gasteiger partial charge is 0.255 e. The number of Topliss-reactive ketones (excluding diaryl/α,β-unsaturated/α-hetero) is 1. The van der Waals surface area contributed by atoms with Crippen LogP contribution < -0.4 is 5.32 Å². The second-order valence-corrected chi connectivity index (χ2v) is 12.1. The summed E-state index contributed by atoms with van der Waals surface area (Å²) in [6.45, 7) is 6.07. The highest BCUT2D eigenvalue weighted by Crippen LogP contribution is 2.42. The third-order valence-electron chi connectivity index (χ3n) is 8.83. The van der Waals surface area contributed by atoms with E-state index in [9.17, 15) is 19.8 Å². The van der Waals surface area contributed by atoms with Crippen LogP contribution in [-0.4, -0.2) is 52.5 Å². The number of amides is 1. The number of hydrogen-bond acceptors (Lipinski definition) is 7. The number of ether oxygens (including phenoxy) is 2. The lowest BCUT2D eigenvalue weighted by atomic mass is 9.89. The molecule has 1 fully saturated rings. The summed E-state index contributed by atoms with van der Waals surface area (Å²) >= 11 is 0. The SMILES string of the molecule is CC(=O)c1cccc(NC(=O)c2cccc(C3O[C@H](CN(C)[C@@H](C)[C@H](O)c4ccccc4)[C@H](C)[C@H](c4ccc(CO)cc4)O3)c2)c1. The van der Waals surface area contributed by atoms with E-state index >= 15 is 0 Å². The highest BCUT2D eigenvalue weighted by atomic mass is 16.7. The fourth-order valence-corrected chi connectivity index (χ4v) is 5.79. The predicted molar refractivity (Wildman–Crippen MR) is 177 cm³/mol. The second-order valence-electron chi connectivity index (χ2n) is 12.1. The topological polar surface area (TPSA) is 108 Å². The van der Waals surface area contributed by atoms with Crippen molar-refractivity contribution in [1.82, 2.24) is 4.90 Å². The minimum absolute atomic E-state index is 0.0456. The molecule has 4 aromatic carbocycles. The van der Waals surface area contributed by atoms with Crippen molar-refractivity contribution in [2.24, 2.45) is 5.92 Å². The van der Waals surface area contributed by atoms with Gasteiger partial charge < -0.3 is 25.0 Å². The van der Waals surface area contributed by atoms with Crippen molar-refractivity contribution in [3.8, 4) is 0 Å². The summed E-state index contributed by atoms with van der Waals surface area (Å²) in [6.07, 6.45) is -2.04. The number of likely N-dealkylation sites (N-methyl/N-ethyl adjacent to an activating group) is 1. The van der Waals surface area contributed by atoms with Gasteiger partial charge in [-0.1, -0.05) is 85.8 Å². The molecule has 3 N–H and O–H groups in total. The summed E-state index contributed by atoms with van der Waals surface area (Å²) in [5, 5.41) is 23.6. The van der Waals surface area contributed by atoms with Crippen LogP contribution in [0.5, 0.6) is 0 Å². The number of nitrogens with zero attached hydrogens (tertiary/aromatic N) is 1. The lowest BCUT2D eigenvalue weighted by Gasteiger charge is -2.43. The molecule has 8 nitrogen and oxygen atoms in total. The van der Waals surface area contributed by atoms with Crippen molar-refractivity contribution in [2.45, 2.75) is 58.0 Å². The molecule has 0 aromatic heterocycles. The fraction of sp³-hybridized carbons (Fsp3) is 0.316. The number of carbonyl (C=O) groups excluding carboxylic acids is 2. The number of benzene rings is 4. The molecule has 1 amide bonds. The van der Waals surface area contributed by atoms with Gasteiger partial charge in [-0.05, 0) is 61.9 Å². The minimum atomic E-state index is -0.764. The van der Waals surface area contributed by atoms with Crippen molar-refractivity contribution < 1.29 is 29.3 Å². The molecule has 1 aliphatic rings. The van der Waals surface area contributed by atoms with Crippen LogP contribution in [0.4, 0.5) is 5.69 Å². The standard InChI is InChI=1S/C38H42N2O6/c1-24-34(22-40(4)25(2)35(43)28-10-6-5-7-11-28)45-38(46-36(24)29-18-16-27(23-41)17-19-29)32-14-8-13-31(20-32)37(44)39-33-15-9-12-30(21-33)26(3)42/h5-21,24-25,34-36,38,41,43H,22-23H2,1-4H3,(H,39,44)/t24-,25-,34+,35-,36+,38?/m0/s1. The van der Waals surface area contributed by atoms with Crippen LogP contribution in [0.2, 0.25) is 0 Å². The van der Waals surface area contributed by atoms with Gasteiger partial charge in [-0.15, -0.1) is 0 Å². The molecule has 1 saturated heterocycles. The van der Waals surface area contributed by atoms with Gasteiger partial charge in [0.1, 0.15) is 0 Å². The molecular weight excluding hydrogens is 580 g/mol. The molecule has 1 unspecified atom stereocenters. The molecule has 1 aliphatic heterocycles. The van der Waals surface area contributed by atoms with Crippen LogP contribution in [0.3, 0.4) is 0 Å². The Hall–Kier alpha value is -4.18. The summed E-state index contributed by atoms with van der Waals surface area (Å²) < 4.78 is 13.2. The molecule has 8 heteroatoms. The highest BCUT2D eigenvalue weighted by Gasteiger charge is 2.39. The quantitative estimate of drug-likeness (QED) is 0.164. The number of nitrogens with one attached hydrogen (secondary N) is 1. The van der Waals surface area contributed by atoms with E-state index in [0.29, 0.717) is 28.9 Å². The van der Waals surface area contributed by atoms with Crippen molar-refractivity contribution in [3.63, 3.8) is 0 Å². The zero-order valence-corrected chi connectivity index (χ0v) is 26.7. The van der Waals surface area contributed by atoms with Crippen molar-refractivity contribution in [2.75, 3.05) is 18.9 Å². The summed E-state index contributed by atoms with van der Waals surface area (Å²) in [6, 6.07) is 31.2. The van der Waals surface area contributed by atoms with Gasteiger partial charge in [-0.2, -0.15) is 0 Å². The van der Waals surface area contributed by atoms with Gasteiger partial charge in [0.2, 0.25) is 0 Å². The first-order chi connectivity index (χ1) is 22.1. The molecule has 46 heavy (non-hydrogen) atoms. The van der Waals surface area contributed by atoms with Crippen LogP contribution in [0.15, 0.2) is 103 Å². The maximum atomic E-state index is 13.3. The van der Waals surface area contributed by atoms with Crippen LogP contribution in [0.25, 0.3) is 0 Å². The monoisotopic (exact) mass is 622 g/mol. The lowest BCUT2D eigenvalue weighted by Crippen LogP contribution is -2.46. The molecule has 0 saturated carbocycles. The first kappa shape index (κ1) is 33.2. The molecule has 240 valence electrons. The van der Waals surface area contributed by atoms with E-state index in [4.69, 9.17) is 9.47 Å². The van der Waals surface area contributed by atoms with Gasteiger partial charge in [0.25, 0.3) is 5.91 Å². The lowest BCUT2D eigenvalue weighted by molar-refractivity contribution is -0.276. The molecular formula is C38H42N2O6. The number of anilines is 1.